The summed E-state index contributed by atoms with van der Waals surface area (Å²) in [7, 11) is 0. The third kappa shape index (κ3) is 2.47. The second-order valence-electron chi connectivity index (χ2n) is 6.44. The van der Waals surface area contributed by atoms with E-state index in [9.17, 15) is 5.11 Å². The SMILES string of the molecule is OC1(C#CCN2CCCCC2)c2ccccc2-c2ccccc21. The molecule has 0 spiro atoms. The highest BCUT2D eigenvalue weighted by molar-refractivity contribution is 5.81. The summed E-state index contributed by atoms with van der Waals surface area (Å²) < 4.78 is 0. The van der Waals surface area contributed by atoms with E-state index in [1.807, 2.05) is 36.4 Å². The van der Waals surface area contributed by atoms with Gasteiger partial charge in [0, 0.05) is 11.1 Å². The summed E-state index contributed by atoms with van der Waals surface area (Å²) in [5.74, 6) is 6.43. The van der Waals surface area contributed by atoms with E-state index in [0.717, 1.165) is 41.9 Å². The van der Waals surface area contributed by atoms with Crippen molar-refractivity contribution in [3.05, 3.63) is 59.7 Å². The van der Waals surface area contributed by atoms with Gasteiger partial charge in [-0.05, 0) is 37.1 Å². The Morgan fingerprint density at radius 3 is 2.04 bits per heavy atom. The first kappa shape index (κ1) is 14.5. The fraction of sp³-hybridized carbons (Fsp3) is 0.333. The number of rotatable bonds is 1. The Labute approximate surface area is 137 Å². The molecule has 0 amide bonds. The second kappa shape index (κ2) is 5.85. The molecule has 2 aliphatic rings. The molecular formula is C21H21NO. The van der Waals surface area contributed by atoms with Gasteiger partial charge in [-0.15, -0.1) is 0 Å². The summed E-state index contributed by atoms with van der Waals surface area (Å²) in [4.78, 5) is 2.38. The van der Waals surface area contributed by atoms with Gasteiger partial charge in [0.2, 0.25) is 0 Å². The van der Waals surface area contributed by atoms with Gasteiger partial charge in [-0.25, -0.2) is 0 Å². The summed E-state index contributed by atoms with van der Waals surface area (Å²) in [5.41, 5.74) is 2.83. The van der Waals surface area contributed by atoms with E-state index < -0.39 is 5.60 Å². The number of benzene rings is 2. The molecule has 1 N–H and O–H groups in total. The van der Waals surface area contributed by atoms with Crippen molar-refractivity contribution >= 4 is 0 Å². The lowest BCUT2D eigenvalue weighted by Gasteiger charge is -2.24. The number of likely N-dealkylation sites (tertiary alicyclic amines) is 1. The Kier molecular flexibility index (Phi) is 3.69. The number of hydrogen-bond acceptors (Lipinski definition) is 2. The maximum Gasteiger partial charge on any atom is 0.178 e. The highest BCUT2D eigenvalue weighted by atomic mass is 16.3. The maximum atomic E-state index is 11.3. The van der Waals surface area contributed by atoms with E-state index in [2.05, 4.69) is 28.9 Å². The Morgan fingerprint density at radius 2 is 1.43 bits per heavy atom. The summed E-state index contributed by atoms with van der Waals surface area (Å²) in [6.07, 6.45) is 3.85. The van der Waals surface area contributed by atoms with Crippen LogP contribution in [0.15, 0.2) is 48.5 Å². The minimum atomic E-state index is -1.18. The molecule has 2 aromatic carbocycles. The van der Waals surface area contributed by atoms with Gasteiger partial charge in [-0.1, -0.05) is 66.8 Å². The lowest BCUT2D eigenvalue weighted by atomic mass is 9.92. The largest absolute Gasteiger partial charge is 0.369 e. The molecule has 1 aliphatic carbocycles. The van der Waals surface area contributed by atoms with Gasteiger partial charge in [-0.3, -0.25) is 4.90 Å². The second-order valence-corrected chi connectivity index (χ2v) is 6.44. The van der Waals surface area contributed by atoms with Crippen molar-refractivity contribution in [2.45, 2.75) is 24.9 Å². The Hall–Kier alpha value is -2.08. The average molecular weight is 303 g/mol. The van der Waals surface area contributed by atoms with Crippen molar-refractivity contribution < 1.29 is 5.11 Å². The molecule has 1 saturated heterocycles. The van der Waals surface area contributed by atoms with Gasteiger partial charge in [0.05, 0.1) is 6.54 Å². The van der Waals surface area contributed by atoms with E-state index in [-0.39, 0.29) is 0 Å². The summed E-state index contributed by atoms with van der Waals surface area (Å²) >= 11 is 0. The van der Waals surface area contributed by atoms with Gasteiger partial charge < -0.3 is 5.11 Å². The van der Waals surface area contributed by atoms with Gasteiger partial charge >= 0.3 is 0 Å². The van der Waals surface area contributed by atoms with E-state index in [0.29, 0.717) is 0 Å². The molecule has 2 aromatic rings. The quantitative estimate of drug-likeness (QED) is 0.816. The smallest absolute Gasteiger partial charge is 0.178 e. The highest BCUT2D eigenvalue weighted by Crippen LogP contribution is 2.46. The van der Waals surface area contributed by atoms with Crippen LogP contribution in [0.3, 0.4) is 0 Å². The predicted molar refractivity (Wildman–Crippen MR) is 92.9 cm³/mol. The molecule has 23 heavy (non-hydrogen) atoms. The van der Waals surface area contributed by atoms with Crippen LogP contribution in [0.2, 0.25) is 0 Å². The Bertz CT molecular complexity index is 732. The van der Waals surface area contributed by atoms with Crippen molar-refractivity contribution in [3.63, 3.8) is 0 Å². The molecule has 1 aliphatic heterocycles. The van der Waals surface area contributed by atoms with Gasteiger partial charge in [0.25, 0.3) is 0 Å². The average Bonchev–Trinajstić information content (AvgIpc) is 2.86. The van der Waals surface area contributed by atoms with Crippen LogP contribution < -0.4 is 0 Å². The highest BCUT2D eigenvalue weighted by Gasteiger charge is 2.39. The van der Waals surface area contributed by atoms with E-state index in [4.69, 9.17) is 0 Å². The molecule has 4 rings (SSSR count). The molecule has 116 valence electrons. The minimum absolute atomic E-state index is 0.743. The summed E-state index contributed by atoms with van der Waals surface area (Å²) in [6, 6.07) is 16.1. The van der Waals surface area contributed by atoms with Gasteiger partial charge in [0.1, 0.15) is 0 Å². The van der Waals surface area contributed by atoms with Crippen molar-refractivity contribution in [1.29, 1.82) is 0 Å². The molecule has 0 radical (unpaired) electrons. The monoisotopic (exact) mass is 303 g/mol. The zero-order valence-corrected chi connectivity index (χ0v) is 13.3. The van der Waals surface area contributed by atoms with Crippen molar-refractivity contribution in [3.8, 4) is 23.0 Å². The fourth-order valence-electron chi connectivity index (χ4n) is 3.74. The Balaban J connectivity index is 1.69. The first-order valence-corrected chi connectivity index (χ1v) is 8.43. The first-order valence-electron chi connectivity index (χ1n) is 8.43. The van der Waals surface area contributed by atoms with Crippen LogP contribution in [0, 0.1) is 11.8 Å². The third-order valence-corrected chi connectivity index (χ3v) is 4.94. The number of aliphatic hydroxyl groups is 1. The van der Waals surface area contributed by atoms with Crippen LogP contribution >= 0.6 is 0 Å². The molecule has 0 saturated carbocycles. The zero-order chi connectivity index (χ0) is 15.7. The molecule has 1 fully saturated rings. The number of hydrogen-bond donors (Lipinski definition) is 1. The normalized spacial score (nSPS) is 18.7. The minimum Gasteiger partial charge on any atom is -0.369 e. The molecule has 0 atom stereocenters. The molecule has 2 heteroatoms. The summed E-state index contributed by atoms with van der Waals surface area (Å²) in [5, 5.41) is 11.3. The van der Waals surface area contributed by atoms with Crippen molar-refractivity contribution in [2.24, 2.45) is 0 Å². The van der Waals surface area contributed by atoms with E-state index in [1.54, 1.807) is 0 Å². The van der Waals surface area contributed by atoms with Crippen molar-refractivity contribution in [1.82, 2.24) is 4.90 Å². The molecule has 0 bridgehead atoms. The molecule has 0 unspecified atom stereocenters. The van der Waals surface area contributed by atoms with Gasteiger partial charge in [-0.2, -0.15) is 0 Å². The van der Waals surface area contributed by atoms with Crippen LogP contribution in [0.25, 0.3) is 11.1 Å². The number of fused-ring (bicyclic) bond motifs is 3. The van der Waals surface area contributed by atoms with Gasteiger partial charge in [0.15, 0.2) is 5.60 Å². The lowest BCUT2D eigenvalue weighted by Crippen LogP contribution is -2.30. The molecule has 1 heterocycles. The zero-order valence-electron chi connectivity index (χ0n) is 13.3. The van der Waals surface area contributed by atoms with Crippen LogP contribution in [0.4, 0.5) is 0 Å². The Morgan fingerprint density at radius 1 is 0.870 bits per heavy atom. The van der Waals surface area contributed by atoms with Crippen LogP contribution in [0.5, 0.6) is 0 Å². The van der Waals surface area contributed by atoms with Crippen molar-refractivity contribution in [2.75, 3.05) is 19.6 Å². The number of piperidine rings is 1. The van der Waals surface area contributed by atoms with Crippen LogP contribution in [-0.4, -0.2) is 29.6 Å². The predicted octanol–water partition coefficient (Wildman–Crippen LogP) is 3.39. The fourth-order valence-corrected chi connectivity index (χ4v) is 3.74. The summed E-state index contributed by atoms with van der Waals surface area (Å²) in [6.45, 7) is 2.99. The first-order chi connectivity index (χ1) is 11.3. The maximum absolute atomic E-state index is 11.3. The molecular weight excluding hydrogens is 282 g/mol. The molecule has 0 aromatic heterocycles. The topological polar surface area (TPSA) is 23.5 Å². The lowest BCUT2D eigenvalue weighted by molar-refractivity contribution is 0.150. The van der Waals surface area contributed by atoms with Crippen LogP contribution in [-0.2, 0) is 5.60 Å². The van der Waals surface area contributed by atoms with Crippen LogP contribution in [0.1, 0.15) is 30.4 Å². The molecule has 2 nitrogen and oxygen atoms in total. The number of nitrogens with zero attached hydrogens (tertiary/aromatic N) is 1. The third-order valence-electron chi connectivity index (χ3n) is 4.94. The van der Waals surface area contributed by atoms with E-state index >= 15 is 0 Å². The standard InChI is InChI=1S/C21H21NO/c23-21(13-8-16-22-14-6-1-7-15-22)19-11-4-2-9-17(19)18-10-3-5-12-20(18)21/h2-5,9-12,23H,1,6-7,14-16H2. The van der Waals surface area contributed by atoms with E-state index in [1.165, 1.54) is 19.3 Å².